The molecule has 1 N–H and O–H groups in total. The molecule has 1 fully saturated rings. The smallest absolute Gasteiger partial charge is 0.393 e. The van der Waals surface area contributed by atoms with E-state index in [1.807, 2.05) is 4.90 Å². The molecule has 0 radical (unpaired) electrons. The summed E-state index contributed by atoms with van der Waals surface area (Å²) < 4.78 is 51.4. The van der Waals surface area contributed by atoms with Crippen LogP contribution >= 0.6 is 0 Å². The number of halogens is 4. The highest BCUT2D eigenvalue weighted by Gasteiger charge is 2.34. The largest absolute Gasteiger partial charge is 0.416 e. The van der Waals surface area contributed by atoms with Gasteiger partial charge in [-0.25, -0.2) is 4.39 Å². The Bertz CT molecular complexity index is 439. The minimum atomic E-state index is -4.55. The molecule has 6 heteroatoms. The van der Waals surface area contributed by atoms with E-state index in [9.17, 15) is 22.7 Å². The standard InChI is InChI=1S/C13H15F4NO/c14-10-2-1-9(12(7-10)13(15,16)17)8-18-5-3-11(19)4-6-18/h1-2,7,11,19H,3-6,8H2. The van der Waals surface area contributed by atoms with Crippen LogP contribution in [0, 0.1) is 5.82 Å². The van der Waals surface area contributed by atoms with Gasteiger partial charge < -0.3 is 5.11 Å². The number of nitrogens with zero attached hydrogens (tertiary/aromatic N) is 1. The average molecular weight is 277 g/mol. The quantitative estimate of drug-likeness (QED) is 0.840. The number of likely N-dealkylation sites (tertiary alicyclic amines) is 1. The summed E-state index contributed by atoms with van der Waals surface area (Å²) in [6, 6.07) is 2.76. The van der Waals surface area contributed by atoms with Gasteiger partial charge in [-0.15, -0.1) is 0 Å². The molecular weight excluding hydrogens is 262 g/mol. The Balaban J connectivity index is 2.16. The minimum absolute atomic E-state index is 0.0743. The molecule has 0 saturated carbocycles. The predicted octanol–water partition coefficient (Wildman–Crippen LogP) is 2.80. The summed E-state index contributed by atoms with van der Waals surface area (Å²) in [5, 5.41) is 9.36. The van der Waals surface area contributed by atoms with Crippen LogP contribution in [0.5, 0.6) is 0 Å². The molecule has 1 aliphatic rings. The molecule has 0 atom stereocenters. The summed E-state index contributed by atoms with van der Waals surface area (Å²) >= 11 is 0. The maximum Gasteiger partial charge on any atom is 0.416 e. The van der Waals surface area contributed by atoms with Crippen LogP contribution in [0.1, 0.15) is 24.0 Å². The lowest BCUT2D eigenvalue weighted by molar-refractivity contribution is -0.138. The molecule has 1 heterocycles. The summed E-state index contributed by atoms with van der Waals surface area (Å²) in [5.74, 6) is -0.884. The molecule has 1 aromatic carbocycles. The Morgan fingerprint density at radius 3 is 2.42 bits per heavy atom. The van der Waals surface area contributed by atoms with Crippen LogP contribution in [0.2, 0.25) is 0 Å². The molecule has 0 spiro atoms. The van der Waals surface area contributed by atoms with E-state index in [2.05, 4.69) is 0 Å². The Morgan fingerprint density at radius 1 is 1.21 bits per heavy atom. The predicted molar refractivity (Wildman–Crippen MR) is 61.9 cm³/mol. The highest BCUT2D eigenvalue weighted by atomic mass is 19.4. The SMILES string of the molecule is OC1CCN(Cc2ccc(F)cc2C(F)(F)F)CC1. The molecular formula is C13H15F4NO. The van der Waals surface area contributed by atoms with E-state index in [-0.39, 0.29) is 18.2 Å². The molecule has 0 unspecified atom stereocenters. The Labute approximate surface area is 108 Å². The van der Waals surface area contributed by atoms with Gasteiger partial charge in [0.15, 0.2) is 0 Å². The van der Waals surface area contributed by atoms with Crippen molar-refractivity contribution < 1.29 is 22.7 Å². The Morgan fingerprint density at radius 2 is 1.84 bits per heavy atom. The zero-order valence-electron chi connectivity index (χ0n) is 10.3. The molecule has 0 aliphatic carbocycles. The van der Waals surface area contributed by atoms with Crippen LogP contribution in [-0.2, 0) is 12.7 Å². The van der Waals surface area contributed by atoms with Crippen LogP contribution in [0.25, 0.3) is 0 Å². The molecule has 0 bridgehead atoms. The van der Waals surface area contributed by atoms with E-state index in [1.54, 1.807) is 0 Å². The second-order valence-electron chi connectivity index (χ2n) is 4.81. The topological polar surface area (TPSA) is 23.5 Å². The van der Waals surface area contributed by atoms with Gasteiger partial charge in [0.1, 0.15) is 5.82 Å². The lowest BCUT2D eigenvalue weighted by Gasteiger charge is -2.30. The fraction of sp³-hybridized carbons (Fsp3) is 0.538. The Kier molecular flexibility index (Phi) is 4.10. The van der Waals surface area contributed by atoms with Crippen molar-refractivity contribution in [3.63, 3.8) is 0 Å². The van der Waals surface area contributed by atoms with Gasteiger partial charge in [-0.2, -0.15) is 13.2 Å². The van der Waals surface area contributed by atoms with Crippen molar-refractivity contribution in [3.8, 4) is 0 Å². The van der Waals surface area contributed by atoms with Crippen LogP contribution in [0.3, 0.4) is 0 Å². The number of rotatable bonds is 2. The average Bonchev–Trinajstić information content (AvgIpc) is 2.33. The maximum absolute atomic E-state index is 13.0. The first-order valence-electron chi connectivity index (χ1n) is 6.12. The molecule has 1 saturated heterocycles. The minimum Gasteiger partial charge on any atom is -0.393 e. The van der Waals surface area contributed by atoms with E-state index < -0.39 is 17.6 Å². The van der Waals surface area contributed by atoms with Gasteiger partial charge in [0, 0.05) is 19.6 Å². The summed E-state index contributed by atoms with van der Waals surface area (Å²) in [4.78, 5) is 1.84. The molecule has 0 amide bonds. The summed E-state index contributed by atoms with van der Waals surface area (Å²) in [6.45, 7) is 1.23. The van der Waals surface area contributed by atoms with Gasteiger partial charge in [-0.05, 0) is 30.5 Å². The number of aliphatic hydroxyl groups excluding tert-OH is 1. The number of hydrogen-bond acceptors (Lipinski definition) is 2. The van der Waals surface area contributed by atoms with Crippen LogP contribution < -0.4 is 0 Å². The Hall–Kier alpha value is -1.14. The van der Waals surface area contributed by atoms with Crippen molar-refractivity contribution in [1.82, 2.24) is 4.90 Å². The number of aliphatic hydroxyl groups is 1. The third-order valence-corrected chi connectivity index (χ3v) is 3.33. The second kappa shape index (κ2) is 5.46. The molecule has 1 aromatic rings. The lowest BCUT2D eigenvalue weighted by atomic mass is 10.0. The first-order valence-corrected chi connectivity index (χ1v) is 6.12. The zero-order valence-corrected chi connectivity index (χ0v) is 10.3. The van der Waals surface area contributed by atoms with Gasteiger partial charge in [0.25, 0.3) is 0 Å². The van der Waals surface area contributed by atoms with E-state index in [0.717, 1.165) is 6.07 Å². The third kappa shape index (κ3) is 3.67. The van der Waals surface area contributed by atoms with Crippen LogP contribution in [-0.4, -0.2) is 29.2 Å². The second-order valence-corrected chi connectivity index (χ2v) is 4.81. The van der Waals surface area contributed by atoms with Crippen molar-refractivity contribution in [2.45, 2.75) is 31.7 Å². The summed E-state index contributed by atoms with van der Waals surface area (Å²) in [7, 11) is 0. The molecule has 106 valence electrons. The molecule has 19 heavy (non-hydrogen) atoms. The monoisotopic (exact) mass is 277 g/mol. The number of piperidine rings is 1. The molecule has 0 aromatic heterocycles. The molecule has 2 rings (SSSR count). The van der Waals surface area contributed by atoms with Crippen LogP contribution in [0.15, 0.2) is 18.2 Å². The van der Waals surface area contributed by atoms with Crippen molar-refractivity contribution in [2.75, 3.05) is 13.1 Å². The summed E-state index contributed by atoms with van der Waals surface area (Å²) in [6.07, 6.45) is -3.80. The fourth-order valence-corrected chi connectivity index (χ4v) is 2.27. The fourth-order valence-electron chi connectivity index (χ4n) is 2.27. The number of alkyl halides is 3. The van der Waals surface area contributed by atoms with Crippen molar-refractivity contribution >= 4 is 0 Å². The highest BCUT2D eigenvalue weighted by molar-refractivity contribution is 5.30. The van der Waals surface area contributed by atoms with Gasteiger partial charge in [-0.3, -0.25) is 4.90 Å². The normalized spacial score (nSPS) is 18.8. The summed E-state index contributed by atoms with van der Waals surface area (Å²) in [5.41, 5.74) is -0.844. The highest BCUT2D eigenvalue weighted by Crippen LogP contribution is 2.33. The lowest BCUT2D eigenvalue weighted by Crippen LogP contribution is -2.35. The first-order chi connectivity index (χ1) is 8.86. The third-order valence-electron chi connectivity index (χ3n) is 3.33. The van der Waals surface area contributed by atoms with Crippen LogP contribution in [0.4, 0.5) is 17.6 Å². The molecule has 1 aliphatic heterocycles. The van der Waals surface area contributed by atoms with Crippen molar-refractivity contribution in [2.24, 2.45) is 0 Å². The van der Waals surface area contributed by atoms with E-state index in [0.29, 0.717) is 32.0 Å². The van der Waals surface area contributed by atoms with Crippen molar-refractivity contribution in [3.05, 3.63) is 35.1 Å². The van der Waals surface area contributed by atoms with Gasteiger partial charge >= 0.3 is 6.18 Å². The number of hydrogen-bond donors (Lipinski definition) is 1. The van der Waals surface area contributed by atoms with E-state index in [4.69, 9.17) is 0 Å². The van der Waals surface area contributed by atoms with E-state index >= 15 is 0 Å². The first kappa shape index (κ1) is 14.3. The van der Waals surface area contributed by atoms with Gasteiger partial charge in [0.2, 0.25) is 0 Å². The van der Waals surface area contributed by atoms with E-state index in [1.165, 1.54) is 6.07 Å². The van der Waals surface area contributed by atoms with Gasteiger partial charge in [-0.1, -0.05) is 6.07 Å². The number of benzene rings is 1. The maximum atomic E-state index is 13.0. The zero-order chi connectivity index (χ0) is 14.0. The van der Waals surface area contributed by atoms with Gasteiger partial charge in [0.05, 0.1) is 11.7 Å². The molecule has 2 nitrogen and oxygen atoms in total. The van der Waals surface area contributed by atoms with Crippen molar-refractivity contribution in [1.29, 1.82) is 0 Å².